The highest BCUT2D eigenvalue weighted by Gasteiger charge is 2.49. The number of aromatic nitrogens is 2. The fraction of sp³-hybridized carbons (Fsp3) is 0.703. The molecule has 0 saturated carbocycles. The van der Waals surface area contributed by atoms with Crippen LogP contribution < -0.4 is 5.32 Å². The summed E-state index contributed by atoms with van der Waals surface area (Å²) in [7, 11) is 16.7. The molecule has 2 aliphatic rings. The van der Waals surface area contributed by atoms with Crippen molar-refractivity contribution in [2.24, 2.45) is 29.6 Å². The molecule has 672 valence electrons. The zero-order valence-corrected chi connectivity index (χ0v) is 77.5. The summed E-state index contributed by atoms with van der Waals surface area (Å²) in [5, 5.41) is 39.1. The van der Waals surface area contributed by atoms with E-state index >= 15 is 0 Å². The number of nitrogens with zero attached hydrogens (tertiary/aromatic N) is 8. The fourth-order valence-corrected chi connectivity index (χ4v) is 17.1. The molecule has 119 heavy (non-hydrogen) atoms. The van der Waals surface area contributed by atoms with E-state index in [9.17, 15) is 53.4 Å². The van der Waals surface area contributed by atoms with E-state index in [1.165, 1.54) is 25.9 Å². The molecule has 4 aromatic rings. The Kier molecular flexibility index (Phi) is 43.0. The Hall–Kier alpha value is -6.99. The number of hydrogen-bond acceptors (Lipinski definition) is 22. The SMILES string of the molecule is C.CC[C@H](C)[C@@H]([C@@H](CC(=O)N1CCC[C@H]1[C@H](OC)[C@@H](C)C(=O)C[C@@H](Cc1ccccc1)c1nccs1)OC)N(C)C(=O)[C@@H](CC(=O)C(C)(C)N(C)C)C(C)(C)O.CC[C@H](C)[C@@H]([C@@H](CC(=O)N1CCC[C@H]1[C@H](OC)[C@@H](C)C(=O)C[C@@H](Cc1ccccc1)c1nccs1)OC)N(C)C(=O)[C@@H](NC(=O)OC(C)(C)C)C(C)(C)O.CN(C)C(C)(C)C(=O)O. The fourth-order valence-electron chi connectivity index (χ4n) is 15.6. The van der Waals surface area contributed by atoms with Crippen molar-refractivity contribution >= 4 is 75.7 Å². The summed E-state index contributed by atoms with van der Waals surface area (Å²) in [6, 6.07) is 17.2. The third-order valence-electron chi connectivity index (χ3n) is 24.4. The van der Waals surface area contributed by atoms with Crippen molar-refractivity contribution in [1.29, 1.82) is 0 Å². The molecule has 2 aliphatic heterocycles. The molecule has 2 aromatic heterocycles. The number of carbonyl (C=O) groups is 9. The number of nitrogens with one attached hydrogen (secondary N) is 1. The molecule has 5 amide bonds. The second kappa shape index (κ2) is 48.2. The van der Waals surface area contributed by atoms with Gasteiger partial charge in [0, 0.05) is 122 Å². The first-order chi connectivity index (χ1) is 55.0. The number of alkyl carbamates (subject to hydrolysis) is 1. The lowest BCUT2D eigenvalue weighted by Crippen LogP contribution is -2.62. The molecule has 26 nitrogen and oxygen atoms in total. The number of Topliss-reactive ketones (excluding diaryl/α,β-unsaturated/α-hetero) is 3. The van der Waals surface area contributed by atoms with Gasteiger partial charge in [-0.3, -0.25) is 48.2 Å². The van der Waals surface area contributed by atoms with E-state index in [-0.39, 0.29) is 97.5 Å². The third kappa shape index (κ3) is 30.5. The maximum Gasteiger partial charge on any atom is 0.408 e. The molecule has 2 fully saturated rings. The van der Waals surface area contributed by atoms with Crippen molar-refractivity contribution < 1.29 is 82.2 Å². The van der Waals surface area contributed by atoms with Crippen molar-refractivity contribution in [1.82, 2.24) is 44.7 Å². The Morgan fingerprint density at radius 3 is 1.21 bits per heavy atom. The van der Waals surface area contributed by atoms with E-state index in [0.29, 0.717) is 64.5 Å². The summed E-state index contributed by atoms with van der Waals surface area (Å²) in [5.41, 5.74) is -3.22. The normalized spacial score (nSPS) is 18.3. The van der Waals surface area contributed by atoms with Crippen LogP contribution in [-0.4, -0.2) is 274 Å². The number of carbonyl (C=O) groups excluding carboxylic acids is 8. The number of hydrogen-bond donors (Lipinski definition) is 4. The van der Waals surface area contributed by atoms with Gasteiger partial charge in [-0.2, -0.15) is 0 Å². The van der Waals surface area contributed by atoms with Gasteiger partial charge in [0.05, 0.1) is 94.1 Å². The number of likely N-dealkylation sites (tertiary alicyclic amines) is 2. The molecule has 2 saturated heterocycles. The Morgan fingerprint density at radius 1 is 0.538 bits per heavy atom. The van der Waals surface area contributed by atoms with Gasteiger partial charge in [0.15, 0.2) is 5.78 Å². The van der Waals surface area contributed by atoms with Gasteiger partial charge in [0.1, 0.15) is 28.7 Å². The number of aliphatic hydroxyl groups is 2. The molecular weight excluding hydrogens is 1560 g/mol. The van der Waals surface area contributed by atoms with Gasteiger partial charge in [-0.1, -0.05) is 122 Å². The number of thiazole rings is 2. The number of carboxylic acids is 1. The van der Waals surface area contributed by atoms with E-state index in [1.807, 2.05) is 113 Å². The number of carboxylic acid groups (broad SMARTS) is 1. The van der Waals surface area contributed by atoms with Crippen LogP contribution in [0.3, 0.4) is 0 Å². The van der Waals surface area contributed by atoms with Crippen molar-refractivity contribution in [2.75, 3.05) is 83.8 Å². The number of methoxy groups -OCH3 is 4. The van der Waals surface area contributed by atoms with Crippen molar-refractivity contribution in [3.05, 3.63) is 105 Å². The number of ether oxygens (including phenoxy) is 5. The van der Waals surface area contributed by atoms with Gasteiger partial charge in [-0.25, -0.2) is 14.8 Å². The largest absolute Gasteiger partial charge is 0.480 e. The molecule has 0 aliphatic carbocycles. The smallest absolute Gasteiger partial charge is 0.408 e. The standard InChI is InChI=1S/C43H68N4O7S.C41H64N4O8S.C6H13NO2.CH4/c1-13-28(2)38(46(10)41(51)32(43(6,7)52)26-36(49)42(4,5)45(8)9)35(53-11)27-37(50)47-22-17-20-33(47)39(54-12)29(3)34(48)25-31(40-44-21-23-55-40)24-30-18-15-14-16-19-30;1-12-26(2)34(44(9)38(48)36(41(7,8)50)43-39(49)53-40(4,5)6)32(51-10)25-33(47)45-21-16-19-30(45)35(52-11)27(3)31(46)24-29(37-42-20-22-54-37)23-28-17-14-13-15-18-28;1-6(2,5(8)9)7(3)4;/h14-16,18-19,21,23,28-29,31-33,35,38-39,52H,13,17,20,22,24-27H2,1-12H3;13-15,17-18,20,22,26-27,29-30,32,34-36,50H,12,16,19,21,23-25H2,1-11H3,(H,43,49);1-4H3,(H,8,9);1H4/t28-,29-,31+,32+,33-,35+,38-,39+;26-,27-,29+,30-,32+,34-,35+,36+;;/m00../s1. The summed E-state index contributed by atoms with van der Waals surface area (Å²) >= 11 is 3.11. The highest BCUT2D eigenvalue weighted by Crippen LogP contribution is 2.38. The minimum atomic E-state index is -1.63. The zero-order chi connectivity index (χ0) is 89.3. The average Bonchev–Trinajstić information content (AvgIpc) is 1.70. The number of amides is 5. The number of ketones is 3. The molecule has 4 N–H and O–H groups in total. The quantitative estimate of drug-likeness (QED) is 0.0320. The number of benzene rings is 2. The van der Waals surface area contributed by atoms with Crippen molar-refractivity contribution in [3.63, 3.8) is 0 Å². The van der Waals surface area contributed by atoms with Crippen molar-refractivity contribution in [2.45, 2.75) is 303 Å². The van der Waals surface area contributed by atoms with Crippen molar-refractivity contribution in [3.8, 4) is 0 Å². The molecule has 28 heteroatoms. The van der Waals surface area contributed by atoms with Crippen LogP contribution in [0.25, 0.3) is 0 Å². The number of aliphatic carboxylic acids is 1. The minimum Gasteiger partial charge on any atom is -0.480 e. The third-order valence-corrected chi connectivity index (χ3v) is 26.3. The summed E-state index contributed by atoms with van der Waals surface area (Å²) in [6.45, 7) is 30.9. The highest BCUT2D eigenvalue weighted by molar-refractivity contribution is 7.09. The van der Waals surface area contributed by atoms with Crippen LogP contribution in [-0.2, 0) is 74.9 Å². The predicted octanol–water partition coefficient (Wildman–Crippen LogP) is 13.1. The van der Waals surface area contributed by atoms with E-state index in [4.69, 9.17) is 28.8 Å². The van der Waals surface area contributed by atoms with Gasteiger partial charge in [0.25, 0.3) is 0 Å². The van der Waals surface area contributed by atoms with Crippen LogP contribution in [0.5, 0.6) is 0 Å². The van der Waals surface area contributed by atoms with Gasteiger partial charge < -0.3 is 63.9 Å². The van der Waals surface area contributed by atoms with E-state index in [0.717, 1.165) is 34.0 Å². The van der Waals surface area contributed by atoms with Crippen LogP contribution in [0.4, 0.5) is 4.79 Å². The molecule has 2 aromatic carbocycles. The Balaban J connectivity index is 0.000000552. The Labute approximate surface area is 719 Å². The van der Waals surface area contributed by atoms with E-state index < -0.39 is 106 Å². The van der Waals surface area contributed by atoms with E-state index in [2.05, 4.69) is 39.6 Å². The first-order valence-electron chi connectivity index (χ1n) is 41.7. The molecular formula is C91H149N9O17S2. The zero-order valence-electron chi connectivity index (χ0n) is 75.9. The molecule has 6 rings (SSSR count). The van der Waals surface area contributed by atoms with Gasteiger partial charge >= 0.3 is 12.1 Å². The Bertz CT molecular complexity index is 3750. The van der Waals surface area contributed by atoms with E-state index in [1.54, 1.807) is 162 Å². The molecule has 0 spiro atoms. The lowest BCUT2D eigenvalue weighted by atomic mass is 9.80. The first-order valence-corrected chi connectivity index (χ1v) is 43.5. The molecule has 0 bridgehead atoms. The maximum absolute atomic E-state index is 14.3. The highest BCUT2D eigenvalue weighted by atomic mass is 32.1. The molecule has 0 unspecified atom stereocenters. The summed E-state index contributed by atoms with van der Waals surface area (Å²) in [5.74, 6) is -4.27. The lowest BCUT2D eigenvalue weighted by Gasteiger charge is -2.42. The second-order valence-electron chi connectivity index (χ2n) is 35.8. The Morgan fingerprint density at radius 2 is 0.916 bits per heavy atom. The van der Waals surface area contributed by atoms with Gasteiger partial charge in [-0.05, 0) is 166 Å². The number of likely N-dealkylation sites (N-methyl/N-ethyl adjacent to an activating group) is 4. The molecule has 4 heterocycles. The van der Waals surface area contributed by atoms with Crippen LogP contribution >= 0.6 is 22.7 Å². The minimum absolute atomic E-state index is 0. The molecule has 16 atom stereocenters. The summed E-state index contributed by atoms with van der Waals surface area (Å²) in [4.78, 5) is 141. The monoisotopic (exact) mass is 1700 g/mol. The topological polar surface area (TPSA) is 318 Å². The number of rotatable bonds is 43. The lowest BCUT2D eigenvalue weighted by molar-refractivity contribution is -0.155. The predicted molar refractivity (Wildman–Crippen MR) is 470 cm³/mol. The van der Waals surface area contributed by atoms with Crippen LogP contribution in [0.1, 0.15) is 229 Å². The van der Waals surface area contributed by atoms with Gasteiger partial charge in [-0.15, -0.1) is 22.7 Å². The summed E-state index contributed by atoms with van der Waals surface area (Å²) in [6.07, 6.45) is 6.54. The van der Waals surface area contributed by atoms with Crippen LogP contribution in [0.15, 0.2) is 83.8 Å². The molecule has 0 radical (unpaired) electrons. The second-order valence-corrected chi connectivity index (χ2v) is 37.7. The maximum atomic E-state index is 14.3. The van der Waals surface area contributed by atoms with Crippen LogP contribution in [0, 0.1) is 29.6 Å². The van der Waals surface area contributed by atoms with Gasteiger partial charge in [0.2, 0.25) is 23.6 Å². The first kappa shape index (κ1) is 106. The summed E-state index contributed by atoms with van der Waals surface area (Å²) < 4.78 is 29.5. The van der Waals surface area contributed by atoms with Crippen LogP contribution in [0.2, 0.25) is 0 Å². The average molecular weight is 1710 g/mol.